The number of aliphatic hydroxyl groups is 1. The highest BCUT2D eigenvalue weighted by atomic mass is 32.1. The van der Waals surface area contributed by atoms with Gasteiger partial charge < -0.3 is 10.0 Å². The number of benzene rings is 1. The van der Waals surface area contributed by atoms with E-state index in [1.165, 1.54) is 11.3 Å². The van der Waals surface area contributed by atoms with Crippen LogP contribution in [0.5, 0.6) is 0 Å². The number of rotatable bonds is 1. The smallest absolute Gasteiger partial charge is 0.253 e. The van der Waals surface area contributed by atoms with Crippen LogP contribution in [0.15, 0.2) is 23.7 Å². The average Bonchev–Trinajstić information content (AvgIpc) is 2.85. The standard InChI is InChI=1S/C13H14N2O2S/c16-10-2-1-5-15(7-10)13(17)9-3-4-11-12(6-9)18-8-14-11/h3-4,6,8,10,16H,1-2,5,7H2. The van der Waals surface area contributed by atoms with Crippen molar-refractivity contribution in [3.8, 4) is 0 Å². The molecule has 0 bridgehead atoms. The Morgan fingerprint density at radius 1 is 1.50 bits per heavy atom. The summed E-state index contributed by atoms with van der Waals surface area (Å²) >= 11 is 1.53. The number of aliphatic hydroxyl groups excluding tert-OH is 1. The molecule has 18 heavy (non-hydrogen) atoms. The fourth-order valence-electron chi connectivity index (χ4n) is 2.31. The van der Waals surface area contributed by atoms with E-state index in [4.69, 9.17) is 0 Å². The van der Waals surface area contributed by atoms with E-state index < -0.39 is 0 Å². The SMILES string of the molecule is O=C(c1ccc2ncsc2c1)N1CCCC(O)C1. The molecule has 2 aromatic rings. The highest BCUT2D eigenvalue weighted by Gasteiger charge is 2.23. The van der Waals surface area contributed by atoms with Crippen LogP contribution in [0.3, 0.4) is 0 Å². The van der Waals surface area contributed by atoms with Gasteiger partial charge in [-0.1, -0.05) is 0 Å². The van der Waals surface area contributed by atoms with Crippen molar-refractivity contribution in [3.05, 3.63) is 29.3 Å². The molecule has 1 aliphatic heterocycles. The molecule has 1 fully saturated rings. The minimum atomic E-state index is -0.380. The second-order valence-electron chi connectivity index (χ2n) is 4.58. The van der Waals surface area contributed by atoms with Crippen molar-refractivity contribution in [1.29, 1.82) is 0 Å². The molecule has 4 nitrogen and oxygen atoms in total. The molecule has 0 radical (unpaired) electrons. The van der Waals surface area contributed by atoms with E-state index in [1.54, 1.807) is 10.4 Å². The quantitative estimate of drug-likeness (QED) is 0.854. The van der Waals surface area contributed by atoms with E-state index in [-0.39, 0.29) is 12.0 Å². The lowest BCUT2D eigenvalue weighted by Crippen LogP contribution is -2.42. The molecule has 1 amide bonds. The van der Waals surface area contributed by atoms with E-state index in [0.29, 0.717) is 12.1 Å². The predicted octanol–water partition coefficient (Wildman–Crippen LogP) is 1.89. The highest BCUT2D eigenvalue weighted by Crippen LogP contribution is 2.21. The summed E-state index contributed by atoms with van der Waals surface area (Å²) in [6.45, 7) is 1.18. The van der Waals surface area contributed by atoms with E-state index in [1.807, 2.05) is 18.2 Å². The summed E-state index contributed by atoms with van der Waals surface area (Å²) in [5.74, 6) is 0.00375. The van der Waals surface area contributed by atoms with Crippen molar-refractivity contribution < 1.29 is 9.90 Å². The van der Waals surface area contributed by atoms with Gasteiger partial charge in [0.15, 0.2) is 0 Å². The summed E-state index contributed by atoms with van der Waals surface area (Å²) in [5.41, 5.74) is 3.39. The Morgan fingerprint density at radius 2 is 2.39 bits per heavy atom. The second-order valence-corrected chi connectivity index (χ2v) is 5.47. The van der Waals surface area contributed by atoms with Gasteiger partial charge in [-0.3, -0.25) is 4.79 Å². The van der Waals surface area contributed by atoms with E-state index >= 15 is 0 Å². The lowest BCUT2D eigenvalue weighted by molar-refractivity contribution is 0.0474. The topological polar surface area (TPSA) is 53.4 Å². The van der Waals surface area contributed by atoms with E-state index in [0.717, 1.165) is 29.6 Å². The van der Waals surface area contributed by atoms with Crippen molar-refractivity contribution in [2.24, 2.45) is 0 Å². The lowest BCUT2D eigenvalue weighted by atomic mass is 10.1. The van der Waals surface area contributed by atoms with Gasteiger partial charge in [0.1, 0.15) is 0 Å². The molecule has 1 unspecified atom stereocenters. The first-order valence-corrected chi connectivity index (χ1v) is 6.92. The van der Waals surface area contributed by atoms with Gasteiger partial charge >= 0.3 is 0 Å². The molecule has 3 rings (SSSR count). The van der Waals surface area contributed by atoms with Crippen LogP contribution in [0.1, 0.15) is 23.2 Å². The Balaban J connectivity index is 1.86. The number of aromatic nitrogens is 1. The van der Waals surface area contributed by atoms with Crippen molar-refractivity contribution in [2.45, 2.75) is 18.9 Å². The Bertz CT molecular complexity index is 581. The van der Waals surface area contributed by atoms with Gasteiger partial charge in [-0.2, -0.15) is 0 Å². The molecular weight excluding hydrogens is 248 g/mol. The summed E-state index contributed by atoms with van der Waals surface area (Å²) in [4.78, 5) is 18.2. The normalized spacial score (nSPS) is 20.3. The van der Waals surface area contributed by atoms with Crippen molar-refractivity contribution in [1.82, 2.24) is 9.88 Å². The Morgan fingerprint density at radius 3 is 3.22 bits per heavy atom. The number of piperidine rings is 1. The van der Waals surface area contributed by atoms with Gasteiger partial charge in [-0.15, -0.1) is 11.3 Å². The molecule has 2 heterocycles. The molecule has 1 atom stereocenters. The maximum atomic E-state index is 12.3. The zero-order valence-corrected chi connectivity index (χ0v) is 10.7. The molecule has 0 aliphatic carbocycles. The van der Waals surface area contributed by atoms with Crippen molar-refractivity contribution in [2.75, 3.05) is 13.1 Å². The first-order valence-electron chi connectivity index (χ1n) is 6.04. The summed E-state index contributed by atoms with van der Waals surface area (Å²) in [6.07, 6.45) is 1.28. The van der Waals surface area contributed by atoms with Gasteiger partial charge in [0.2, 0.25) is 0 Å². The number of fused-ring (bicyclic) bond motifs is 1. The number of hydrogen-bond acceptors (Lipinski definition) is 4. The van der Waals surface area contributed by atoms with Gasteiger partial charge in [0, 0.05) is 18.7 Å². The van der Waals surface area contributed by atoms with Crippen LogP contribution in [0.4, 0.5) is 0 Å². The van der Waals surface area contributed by atoms with Crippen LogP contribution in [-0.2, 0) is 0 Å². The lowest BCUT2D eigenvalue weighted by Gasteiger charge is -2.30. The van der Waals surface area contributed by atoms with Crippen molar-refractivity contribution in [3.63, 3.8) is 0 Å². The molecule has 5 heteroatoms. The summed E-state index contributed by atoms with van der Waals surface area (Å²) < 4.78 is 1.03. The molecule has 1 aromatic carbocycles. The Hall–Kier alpha value is -1.46. The molecule has 1 aromatic heterocycles. The number of nitrogens with zero attached hydrogens (tertiary/aromatic N) is 2. The predicted molar refractivity (Wildman–Crippen MR) is 70.8 cm³/mol. The Kier molecular flexibility index (Phi) is 3.01. The number of β-amino-alcohol motifs (C(OH)–C–C–N with tert-alkyl or cyclic N) is 1. The third-order valence-electron chi connectivity index (χ3n) is 3.26. The third-order valence-corrected chi connectivity index (χ3v) is 4.05. The number of likely N-dealkylation sites (tertiary alicyclic amines) is 1. The van der Waals surface area contributed by atoms with Crippen LogP contribution < -0.4 is 0 Å². The van der Waals surface area contributed by atoms with Gasteiger partial charge in [-0.25, -0.2) is 4.98 Å². The maximum absolute atomic E-state index is 12.3. The molecule has 0 spiro atoms. The second kappa shape index (κ2) is 4.66. The Labute approximate surface area is 109 Å². The summed E-state index contributed by atoms with van der Waals surface area (Å²) in [6, 6.07) is 5.57. The van der Waals surface area contributed by atoms with Crippen LogP contribution in [0.25, 0.3) is 10.2 Å². The van der Waals surface area contributed by atoms with E-state index in [2.05, 4.69) is 4.98 Å². The molecule has 1 saturated heterocycles. The average molecular weight is 262 g/mol. The minimum Gasteiger partial charge on any atom is -0.391 e. The summed E-state index contributed by atoms with van der Waals surface area (Å²) in [7, 11) is 0. The van der Waals surface area contributed by atoms with Crippen LogP contribution in [0.2, 0.25) is 0 Å². The number of hydrogen-bond donors (Lipinski definition) is 1. The van der Waals surface area contributed by atoms with Crippen molar-refractivity contribution >= 4 is 27.5 Å². The number of carbonyl (C=O) groups is 1. The van der Waals surface area contributed by atoms with Crippen LogP contribution >= 0.6 is 11.3 Å². The molecule has 1 N–H and O–H groups in total. The zero-order valence-electron chi connectivity index (χ0n) is 9.87. The first kappa shape index (κ1) is 11.6. The van der Waals surface area contributed by atoms with Gasteiger partial charge in [0.05, 0.1) is 21.8 Å². The molecular formula is C13H14N2O2S. The first-order chi connectivity index (χ1) is 8.74. The van der Waals surface area contributed by atoms with Crippen LogP contribution in [0, 0.1) is 0 Å². The summed E-state index contributed by atoms with van der Waals surface area (Å²) in [5, 5.41) is 9.61. The molecule has 1 aliphatic rings. The van der Waals surface area contributed by atoms with Gasteiger partial charge in [-0.05, 0) is 31.0 Å². The van der Waals surface area contributed by atoms with Crippen LogP contribution in [-0.4, -0.2) is 40.1 Å². The number of amides is 1. The number of thiazole rings is 1. The maximum Gasteiger partial charge on any atom is 0.253 e. The fraction of sp³-hybridized carbons (Fsp3) is 0.385. The molecule has 0 saturated carbocycles. The third kappa shape index (κ3) is 2.11. The van der Waals surface area contributed by atoms with Gasteiger partial charge in [0.25, 0.3) is 5.91 Å². The molecule has 94 valence electrons. The zero-order chi connectivity index (χ0) is 12.5. The highest BCUT2D eigenvalue weighted by molar-refractivity contribution is 7.16. The monoisotopic (exact) mass is 262 g/mol. The largest absolute Gasteiger partial charge is 0.391 e. The van der Waals surface area contributed by atoms with E-state index in [9.17, 15) is 9.90 Å². The number of carbonyl (C=O) groups excluding carboxylic acids is 1. The minimum absolute atomic E-state index is 0.00375. The fourth-order valence-corrected chi connectivity index (χ4v) is 3.03.